The summed E-state index contributed by atoms with van der Waals surface area (Å²) in [6, 6.07) is 24.9. The van der Waals surface area contributed by atoms with Crippen LogP contribution in [-0.2, 0) is 5.41 Å². The number of aromatic nitrogens is 1. The Morgan fingerprint density at radius 1 is 0.758 bits per heavy atom. The van der Waals surface area contributed by atoms with Crippen molar-refractivity contribution < 1.29 is 4.74 Å². The molecule has 0 fully saturated rings. The number of para-hydroxylation sites is 1. The average Bonchev–Trinajstić information content (AvgIpc) is 3.09. The fourth-order valence-corrected chi connectivity index (χ4v) is 5.90. The van der Waals surface area contributed by atoms with Gasteiger partial charge in [-0.15, -0.1) is 0 Å². The first kappa shape index (κ1) is 19.1. The summed E-state index contributed by atoms with van der Waals surface area (Å²) < 4.78 is 9.17. The van der Waals surface area contributed by atoms with Gasteiger partial charge in [-0.25, -0.2) is 0 Å². The van der Waals surface area contributed by atoms with Crippen molar-refractivity contribution in [2.45, 2.75) is 40.0 Å². The Morgan fingerprint density at radius 3 is 2.36 bits per heavy atom. The third kappa shape index (κ3) is 2.45. The van der Waals surface area contributed by atoms with Crippen LogP contribution in [0.4, 0.5) is 0 Å². The number of nitrogens with zero attached hydrogens (tertiary/aromatic N) is 1. The lowest BCUT2D eigenvalue weighted by atomic mass is 9.46. The third-order valence-corrected chi connectivity index (χ3v) is 7.46. The number of hydrogen-bond acceptors (Lipinski definition) is 1. The zero-order chi connectivity index (χ0) is 22.6. The van der Waals surface area contributed by atoms with E-state index in [2.05, 4.69) is 106 Å². The van der Waals surface area contributed by atoms with Gasteiger partial charge in [0.25, 0.3) is 0 Å². The molecule has 0 bridgehead atoms. The number of fused-ring (bicyclic) bond motifs is 7. The monoisotopic (exact) mass is 427 g/mol. The molecule has 1 aromatic heterocycles. The van der Waals surface area contributed by atoms with Crippen molar-refractivity contribution in [3.05, 3.63) is 83.4 Å². The van der Waals surface area contributed by atoms with Gasteiger partial charge in [0.1, 0.15) is 11.5 Å². The Morgan fingerprint density at radius 2 is 1.55 bits per heavy atom. The lowest BCUT2D eigenvalue weighted by Crippen LogP contribution is -2.54. The predicted molar refractivity (Wildman–Crippen MR) is 140 cm³/mol. The van der Waals surface area contributed by atoms with Gasteiger partial charge in [-0.2, -0.15) is 0 Å². The quantitative estimate of drug-likeness (QED) is 0.254. The Hall–Kier alpha value is -3.46. The molecular weight excluding hydrogens is 401 g/mol. The molecule has 2 aliphatic rings. The SMILES string of the molecule is Cc1ccc2c(c1)c1cc(C)cc3c1n2B1c2ccccc2Oc2cc(C(C)(C)C)cc-3c21. The highest BCUT2D eigenvalue weighted by atomic mass is 16.5. The third-order valence-electron chi connectivity index (χ3n) is 7.46. The molecule has 7 rings (SSSR count). The van der Waals surface area contributed by atoms with Gasteiger partial charge in [0.2, 0.25) is 0 Å². The normalized spacial score (nSPS) is 13.8. The summed E-state index contributed by atoms with van der Waals surface area (Å²) in [5.74, 6) is 1.96. The van der Waals surface area contributed by atoms with Gasteiger partial charge in [0.15, 0.2) is 0 Å². The van der Waals surface area contributed by atoms with E-state index >= 15 is 0 Å². The molecule has 0 atom stereocenters. The van der Waals surface area contributed by atoms with Crippen LogP contribution in [-0.4, -0.2) is 11.3 Å². The molecule has 4 aromatic carbocycles. The van der Waals surface area contributed by atoms with E-state index in [4.69, 9.17) is 4.74 Å². The van der Waals surface area contributed by atoms with E-state index in [1.807, 2.05) is 0 Å². The van der Waals surface area contributed by atoms with Crippen LogP contribution in [0, 0.1) is 13.8 Å². The fourth-order valence-electron chi connectivity index (χ4n) is 5.90. The second-order valence-electron chi connectivity index (χ2n) is 10.8. The van der Waals surface area contributed by atoms with Crippen molar-refractivity contribution in [3.8, 4) is 22.6 Å². The van der Waals surface area contributed by atoms with Crippen LogP contribution in [0.5, 0.6) is 11.5 Å². The lowest BCUT2D eigenvalue weighted by Gasteiger charge is -2.35. The highest BCUT2D eigenvalue weighted by Crippen LogP contribution is 2.44. The van der Waals surface area contributed by atoms with Gasteiger partial charge in [-0.1, -0.05) is 56.7 Å². The van der Waals surface area contributed by atoms with E-state index in [1.54, 1.807) is 0 Å². The van der Waals surface area contributed by atoms with Crippen molar-refractivity contribution in [2.75, 3.05) is 0 Å². The second-order valence-corrected chi connectivity index (χ2v) is 10.8. The van der Waals surface area contributed by atoms with Gasteiger partial charge in [-0.3, -0.25) is 0 Å². The molecule has 160 valence electrons. The average molecular weight is 427 g/mol. The number of rotatable bonds is 0. The summed E-state index contributed by atoms with van der Waals surface area (Å²) in [6.07, 6.45) is 0. The molecule has 0 N–H and O–H groups in total. The molecule has 0 aliphatic carbocycles. The van der Waals surface area contributed by atoms with Crippen molar-refractivity contribution in [1.82, 2.24) is 4.48 Å². The van der Waals surface area contributed by atoms with Crippen LogP contribution in [0.25, 0.3) is 32.9 Å². The zero-order valence-electron chi connectivity index (χ0n) is 19.8. The molecule has 5 aromatic rings. The molecule has 3 heteroatoms. The van der Waals surface area contributed by atoms with E-state index in [0.717, 1.165) is 11.5 Å². The first-order valence-electron chi connectivity index (χ1n) is 11.8. The first-order chi connectivity index (χ1) is 15.8. The molecule has 0 spiro atoms. The summed E-state index contributed by atoms with van der Waals surface area (Å²) in [5.41, 5.74) is 11.7. The summed E-state index contributed by atoms with van der Waals surface area (Å²) in [4.78, 5) is 0. The van der Waals surface area contributed by atoms with Crippen LogP contribution in [0.2, 0.25) is 0 Å². The maximum atomic E-state index is 6.60. The van der Waals surface area contributed by atoms with Gasteiger partial charge >= 0.3 is 6.85 Å². The smallest absolute Gasteiger partial charge is 0.336 e. The molecule has 0 saturated heterocycles. The molecule has 3 heterocycles. The molecule has 0 radical (unpaired) electrons. The highest BCUT2D eigenvalue weighted by molar-refractivity contribution is 6.88. The fraction of sp³-hybridized carbons (Fsp3) is 0.200. The minimum atomic E-state index is 0.0333. The van der Waals surface area contributed by atoms with Crippen LogP contribution in [0.15, 0.2) is 66.7 Å². The maximum absolute atomic E-state index is 6.60. The van der Waals surface area contributed by atoms with Crippen LogP contribution < -0.4 is 15.7 Å². The van der Waals surface area contributed by atoms with Crippen molar-refractivity contribution in [1.29, 1.82) is 0 Å². The minimum absolute atomic E-state index is 0.0333. The highest BCUT2D eigenvalue weighted by Gasteiger charge is 2.41. The standard InChI is InChI=1S/C30H26BNO/c1-17-10-11-25-20(12-17)22-13-18(2)14-23-21-15-19(30(3,4)5)16-27-28(21)31(32(25)29(22)23)24-8-6-7-9-26(24)33-27/h6-16H,1-5H3. The zero-order valence-corrected chi connectivity index (χ0v) is 19.8. The Kier molecular flexibility index (Phi) is 3.53. The number of hydrogen-bond donors (Lipinski definition) is 0. The van der Waals surface area contributed by atoms with E-state index in [9.17, 15) is 0 Å². The number of aryl methyl sites for hydroxylation is 2. The van der Waals surface area contributed by atoms with E-state index in [0.29, 0.717) is 0 Å². The Balaban J connectivity index is 1.73. The van der Waals surface area contributed by atoms with Gasteiger partial charge in [0.05, 0.1) is 0 Å². The summed E-state index contributed by atoms with van der Waals surface area (Å²) in [7, 11) is 0. The van der Waals surface area contributed by atoms with E-state index < -0.39 is 0 Å². The summed E-state index contributed by atoms with van der Waals surface area (Å²) in [5, 5.41) is 2.69. The summed E-state index contributed by atoms with van der Waals surface area (Å²) >= 11 is 0. The van der Waals surface area contributed by atoms with Crippen LogP contribution >= 0.6 is 0 Å². The number of ether oxygens (including phenoxy) is 1. The van der Waals surface area contributed by atoms with Crippen molar-refractivity contribution in [3.63, 3.8) is 0 Å². The van der Waals surface area contributed by atoms with Gasteiger partial charge in [-0.05, 0) is 77.8 Å². The minimum Gasteiger partial charge on any atom is -0.458 e. The van der Waals surface area contributed by atoms with Crippen LogP contribution in [0.3, 0.4) is 0 Å². The topological polar surface area (TPSA) is 14.2 Å². The lowest BCUT2D eigenvalue weighted by molar-refractivity contribution is 0.483. The molecular formula is C30H26BNO. The maximum Gasteiger partial charge on any atom is 0.336 e. The second kappa shape index (κ2) is 6.11. The largest absolute Gasteiger partial charge is 0.458 e. The Labute approximate surface area is 194 Å². The number of benzene rings is 4. The predicted octanol–water partition coefficient (Wildman–Crippen LogP) is 6.45. The van der Waals surface area contributed by atoms with Gasteiger partial charge in [0, 0.05) is 32.8 Å². The molecule has 0 unspecified atom stereocenters. The van der Waals surface area contributed by atoms with Gasteiger partial charge < -0.3 is 9.21 Å². The molecule has 0 saturated carbocycles. The van der Waals surface area contributed by atoms with E-state index in [-0.39, 0.29) is 12.3 Å². The van der Waals surface area contributed by atoms with E-state index in [1.165, 1.54) is 60.5 Å². The van der Waals surface area contributed by atoms with Crippen LogP contribution in [0.1, 0.15) is 37.5 Å². The Bertz CT molecular complexity index is 1650. The van der Waals surface area contributed by atoms with Crippen molar-refractivity contribution in [2.24, 2.45) is 0 Å². The molecule has 2 nitrogen and oxygen atoms in total. The van der Waals surface area contributed by atoms with Crippen molar-refractivity contribution >= 4 is 39.6 Å². The molecule has 0 amide bonds. The first-order valence-corrected chi connectivity index (χ1v) is 11.8. The molecule has 2 aliphatic heterocycles. The molecule has 33 heavy (non-hydrogen) atoms. The summed E-state index contributed by atoms with van der Waals surface area (Å²) in [6.45, 7) is 11.4.